The van der Waals surface area contributed by atoms with Gasteiger partial charge in [0.05, 0.1) is 0 Å². The molecular formula is C21H22N2O. The van der Waals surface area contributed by atoms with Crippen LogP contribution < -0.4 is 10.5 Å². The lowest BCUT2D eigenvalue weighted by Gasteiger charge is -2.16. The van der Waals surface area contributed by atoms with Crippen LogP contribution in [0.2, 0.25) is 0 Å². The molecule has 0 saturated carbocycles. The zero-order valence-electron chi connectivity index (χ0n) is 13.6. The van der Waals surface area contributed by atoms with Crippen LogP contribution in [0.25, 0.3) is 0 Å². The van der Waals surface area contributed by atoms with Crippen molar-refractivity contribution in [2.75, 3.05) is 6.54 Å². The minimum atomic E-state index is 0.289. The molecular weight excluding hydrogens is 296 g/mol. The Balaban J connectivity index is 1.62. The maximum absolute atomic E-state index is 5.97. The minimum Gasteiger partial charge on any atom is -0.489 e. The molecule has 0 fully saturated rings. The van der Waals surface area contributed by atoms with Gasteiger partial charge in [0.15, 0.2) is 0 Å². The molecule has 2 N–H and O–H groups in total. The van der Waals surface area contributed by atoms with Crippen molar-refractivity contribution in [1.82, 2.24) is 4.98 Å². The summed E-state index contributed by atoms with van der Waals surface area (Å²) in [7, 11) is 0. The van der Waals surface area contributed by atoms with Crippen LogP contribution in [0.4, 0.5) is 0 Å². The molecule has 3 rings (SSSR count). The average molecular weight is 318 g/mol. The van der Waals surface area contributed by atoms with Crippen molar-refractivity contribution in [2.24, 2.45) is 5.73 Å². The third kappa shape index (κ3) is 4.43. The first kappa shape index (κ1) is 16.2. The van der Waals surface area contributed by atoms with E-state index >= 15 is 0 Å². The molecule has 0 amide bonds. The van der Waals surface area contributed by atoms with Crippen molar-refractivity contribution in [3.8, 4) is 5.75 Å². The molecule has 0 saturated heterocycles. The van der Waals surface area contributed by atoms with Crippen molar-refractivity contribution in [3.05, 3.63) is 95.8 Å². The summed E-state index contributed by atoms with van der Waals surface area (Å²) in [6.45, 7) is 1.19. The van der Waals surface area contributed by atoms with Gasteiger partial charge in [-0.15, -0.1) is 0 Å². The van der Waals surface area contributed by atoms with E-state index < -0.39 is 0 Å². The van der Waals surface area contributed by atoms with E-state index in [1.807, 2.05) is 42.6 Å². The van der Waals surface area contributed by atoms with Crippen molar-refractivity contribution < 1.29 is 4.74 Å². The van der Waals surface area contributed by atoms with E-state index in [9.17, 15) is 0 Å². The monoisotopic (exact) mass is 318 g/mol. The zero-order valence-corrected chi connectivity index (χ0v) is 13.6. The van der Waals surface area contributed by atoms with E-state index in [1.165, 1.54) is 11.1 Å². The topological polar surface area (TPSA) is 48.1 Å². The number of hydrogen-bond donors (Lipinski definition) is 1. The van der Waals surface area contributed by atoms with Gasteiger partial charge in [0.2, 0.25) is 0 Å². The fraction of sp³-hybridized carbons (Fsp3) is 0.190. The van der Waals surface area contributed by atoms with Crippen LogP contribution in [0.5, 0.6) is 5.75 Å². The Morgan fingerprint density at radius 2 is 1.62 bits per heavy atom. The summed E-state index contributed by atoms with van der Waals surface area (Å²) in [5, 5.41) is 0. The van der Waals surface area contributed by atoms with Gasteiger partial charge < -0.3 is 10.5 Å². The van der Waals surface area contributed by atoms with Crippen LogP contribution in [0.15, 0.2) is 79.1 Å². The number of aromatic nitrogens is 1. The van der Waals surface area contributed by atoms with Crippen molar-refractivity contribution in [2.45, 2.75) is 18.9 Å². The van der Waals surface area contributed by atoms with Crippen LogP contribution in [0.1, 0.15) is 22.6 Å². The SMILES string of the molecule is NCC(Cc1cccnc1)c1ccc(OCc2ccccc2)cc1. The normalized spacial score (nSPS) is 11.9. The van der Waals surface area contributed by atoms with Gasteiger partial charge in [-0.25, -0.2) is 0 Å². The Morgan fingerprint density at radius 3 is 2.29 bits per heavy atom. The lowest BCUT2D eigenvalue weighted by atomic mass is 9.93. The Morgan fingerprint density at radius 1 is 0.875 bits per heavy atom. The molecule has 0 bridgehead atoms. The van der Waals surface area contributed by atoms with Gasteiger partial charge in [0.25, 0.3) is 0 Å². The number of nitrogens with two attached hydrogens (primary N) is 1. The second kappa shape index (κ2) is 8.27. The van der Waals surface area contributed by atoms with E-state index in [0.717, 1.165) is 17.7 Å². The lowest BCUT2D eigenvalue weighted by molar-refractivity contribution is 0.306. The van der Waals surface area contributed by atoms with E-state index in [0.29, 0.717) is 13.2 Å². The predicted octanol–water partition coefficient (Wildman–Crippen LogP) is 3.95. The van der Waals surface area contributed by atoms with Gasteiger partial charge >= 0.3 is 0 Å². The highest BCUT2D eigenvalue weighted by Gasteiger charge is 2.11. The van der Waals surface area contributed by atoms with Gasteiger partial charge in [-0.1, -0.05) is 48.5 Å². The summed E-state index contributed by atoms with van der Waals surface area (Å²) in [6.07, 6.45) is 4.59. The van der Waals surface area contributed by atoms with E-state index in [2.05, 4.69) is 35.3 Å². The second-order valence-corrected chi connectivity index (χ2v) is 5.84. The number of pyridine rings is 1. The first-order chi connectivity index (χ1) is 11.8. The lowest BCUT2D eigenvalue weighted by Crippen LogP contribution is -2.15. The number of rotatable bonds is 7. The van der Waals surface area contributed by atoms with Crippen LogP contribution in [-0.4, -0.2) is 11.5 Å². The third-order valence-corrected chi connectivity index (χ3v) is 4.09. The van der Waals surface area contributed by atoms with E-state index in [1.54, 1.807) is 6.20 Å². The van der Waals surface area contributed by atoms with Crippen molar-refractivity contribution >= 4 is 0 Å². The molecule has 122 valence electrons. The summed E-state index contributed by atoms with van der Waals surface area (Å²) in [5.74, 6) is 1.16. The van der Waals surface area contributed by atoms with Crippen LogP contribution in [0, 0.1) is 0 Å². The molecule has 1 atom stereocenters. The summed E-state index contributed by atoms with van der Waals surface area (Å²) < 4.78 is 5.84. The Labute approximate surface area is 143 Å². The van der Waals surface area contributed by atoms with Crippen LogP contribution >= 0.6 is 0 Å². The molecule has 0 aliphatic heterocycles. The molecule has 1 aromatic heterocycles. The van der Waals surface area contributed by atoms with Crippen molar-refractivity contribution in [1.29, 1.82) is 0 Å². The van der Waals surface area contributed by atoms with Gasteiger partial charge in [-0.3, -0.25) is 4.98 Å². The molecule has 3 aromatic rings. The largest absolute Gasteiger partial charge is 0.489 e. The Kier molecular flexibility index (Phi) is 5.59. The molecule has 0 spiro atoms. The van der Waals surface area contributed by atoms with E-state index in [-0.39, 0.29) is 5.92 Å². The second-order valence-electron chi connectivity index (χ2n) is 5.84. The standard InChI is InChI=1S/C21H22N2O/c22-14-20(13-18-7-4-12-23-15-18)19-8-10-21(11-9-19)24-16-17-5-2-1-3-6-17/h1-12,15,20H,13-14,16,22H2. The van der Waals surface area contributed by atoms with Gasteiger partial charge in [-0.2, -0.15) is 0 Å². The summed E-state index contributed by atoms with van der Waals surface area (Å²) in [6, 6.07) is 22.5. The van der Waals surface area contributed by atoms with Gasteiger partial charge in [0, 0.05) is 18.3 Å². The Bertz CT molecular complexity index is 727. The number of nitrogens with zero attached hydrogens (tertiary/aromatic N) is 1. The quantitative estimate of drug-likeness (QED) is 0.717. The number of ether oxygens (including phenoxy) is 1. The first-order valence-electron chi connectivity index (χ1n) is 8.21. The first-order valence-corrected chi connectivity index (χ1v) is 8.21. The molecule has 1 heterocycles. The molecule has 0 aliphatic carbocycles. The minimum absolute atomic E-state index is 0.289. The maximum Gasteiger partial charge on any atom is 0.119 e. The number of hydrogen-bond acceptors (Lipinski definition) is 3. The summed E-state index contributed by atoms with van der Waals surface area (Å²) in [5.41, 5.74) is 9.57. The molecule has 0 aliphatic rings. The molecule has 0 radical (unpaired) electrons. The van der Waals surface area contributed by atoms with Gasteiger partial charge in [-0.05, 0) is 47.9 Å². The fourth-order valence-electron chi connectivity index (χ4n) is 2.72. The van der Waals surface area contributed by atoms with Crippen LogP contribution in [-0.2, 0) is 13.0 Å². The average Bonchev–Trinajstić information content (AvgIpc) is 2.67. The van der Waals surface area contributed by atoms with E-state index in [4.69, 9.17) is 10.5 Å². The smallest absolute Gasteiger partial charge is 0.119 e. The zero-order chi connectivity index (χ0) is 16.6. The summed E-state index contributed by atoms with van der Waals surface area (Å²) >= 11 is 0. The summed E-state index contributed by atoms with van der Waals surface area (Å²) in [4.78, 5) is 4.17. The third-order valence-electron chi connectivity index (χ3n) is 4.09. The molecule has 1 unspecified atom stereocenters. The van der Waals surface area contributed by atoms with Crippen molar-refractivity contribution in [3.63, 3.8) is 0 Å². The highest BCUT2D eigenvalue weighted by atomic mass is 16.5. The molecule has 2 aromatic carbocycles. The Hall–Kier alpha value is -2.65. The number of benzene rings is 2. The fourth-order valence-corrected chi connectivity index (χ4v) is 2.72. The van der Waals surface area contributed by atoms with Crippen LogP contribution in [0.3, 0.4) is 0 Å². The molecule has 3 nitrogen and oxygen atoms in total. The highest BCUT2D eigenvalue weighted by Crippen LogP contribution is 2.23. The molecule has 3 heteroatoms. The maximum atomic E-state index is 5.97. The predicted molar refractivity (Wildman–Crippen MR) is 97.0 cm³/mol. The molecule has 24 heavy (non-hydrogen) atoms. The van der Waals surface area contributed by atoms with Gasteiger partial charge in [0.1, 0.15) is 12.4 Å². The highest BCUT2D eigenvalue weighted by molar-refractivity contribution is 5.31.